The van der Waals surface area contributed by atoms with Crippen molar-refractivity contribution in [3.8, 4) is 0 Å². The van der Waals surface area contributed by atoms with Gasteiger partial charge in [-0.15, -0.1) is 0 Å². The van der Waals surface area contributed by atoms with Crippen molar-refractivity contribution in [3.63, 3.8) is 0 Å². The van der Waals surface area contributed by atoms with Crippen molar-refractivity contribution in [2.75, 3.05) is 5.75 Å². The van der Waals surface area contributed by atoms with E-state index in [0.29, 0.717) is 5.17 Å². The van der Waals surface area contributed by atoms with Gasteiger partial charge in [-0.2, -0.15) is 0 Å². The van der Waals surface area contributed by atoms with Gasteiger partial charge in [-0.3, -0.25) is 9.79 Å². The molecule has 3 N–H and O–H groups in total. The van der Waals surface area contributed by atoms with Crippen LogP contribution in [0, 0.1) is 0 Å². The van der Waals surface area contributed by atoms with Crippen molar-refractivity contribution in [1.82, 2.24) is 0 Å². The first kappa shape index (κ1) is 10.3. The van der Waals surface area contributed by atoms with E-state index >= 15 is 0 Å². The van der Waals surface area contributed by atoms with Crippen LogP contribution in [0.1, 0.15) is 13.8 Å². The standard InChI is InChI=1S/C6H12N2O2S/c1-4(2)8-6(7)11-3-5(9)10/h4H,3H2,1-2H3,(H2,7,8)(H,9,10). The molecule has 0 aliphatic rings. The van der Waals surface area contributed by atoms with E-state index in [4.69, 9.17) is 10.8 Å². The molecule has 0 radical (unpaired) electrons. The van der Waals surface area contributed by atoms with E-state index in [0.717, 1.165) is 11.8 Å². The lowest BCUT2D eigenvalue weighted by Gasteiger charge is -1.99. The Balaban J connectivity index is 3.68. The molecular weight excluding hydrogens is 164 g/mol. The Kier molecular flexibility index (Phi) is 4.69. The first-order valence-corrected chi connectivity index (χ1v) is 4.18. The van der Waals surface area contributed by atoms with Gasteiger partial charge in [0.15, 0.2) is 5.17 Å². The van der Waals surface area contributed by atoms with Gasteiger partial charge in [0, 0.05) is 6.04 Å². The third kappa shape index (κ3) is 7.18. The quantitative estimate of drug-likeness (QED) is 0.485. The van der Waals surface area contributed by atoms with E-state index in [1.165, 1.54) is 0 Å². The topological polar surface area (TPSA) is 75.7 Å². The smallest absolute Gasteiger partial charge is 0.313 e. The molecule has 0 bridgehead atoms. The highest BCUT2D eigenvalue weighted by molar-refractivity contribution is 8.14. The van der Waals surface area contributed by atoms with Crippen molar-refractivity contribution in [3.05, 3.63) is 0 Å². The minimum Gasteiger partial charge on any atom is -0.481 e. The Morgan fingerprint density at radius 1 is 1.73 bits per heavy atom. The summed E-state index contributed by atoms with van der Waals surface area (Å²) in [5.74, 6) is -0.904. The van der Waals surface area contributed by atoms with Crippen LogP contribution in [0.15, 0.2) is 4.99 Å². The van der Waals surface area contributed by atoms with Crippen molar-refractivity contribution in [1.29, 1.82) is 0 Å². The number of aliphatic carboxylic acids is 1. The molecular formula is C6H12N2O2S. The van der Waals surface area contributed by atoms with E-state index in [-0.39, 0.29) is 11.8 Å². The summed E-state index contributed by atoms with van der Waals surface area (Å²) in [6.07, 6.45) is 0. The van der Waals surface area contributed by atoms with Crippen molar-refractivity contribution >= 4 is 22.9 Å². The number of nitrogens with zero attached hydrogens (tertiary/aromatic N) is 1. The van der Waals surface area contributed by atoms with Crippen LogP contribution in [0.25, 0.3) is 0 Å². The second kappa shape index (κ2) is 5.01. The van der Waals surface area contributed by atoms with E-state index < -0.39 is 5.97 Å². The molecule has 0 aliphatic carbocycles. The molecule has 0 rings (SSSR count). The fourth-order valence-electron chi connectivity index (χ4n) is 0.427. The molecule has 11 heavy (non-hydrogen) atoms. The maximum atomic E-state index is 10.1. The first-order valence-electron chi connectivity index (χ1n) is 3.20. The van der Waals surface area contributed by atoms with Gasteiger partial charge in [-0.05, 0) is 13.8 Å². The molecule has 0 heterocycles. The SMILES string of the molecule is CC(C)N=C(N)SCC(=O)O. The Morgan fingerprint density at radius 3 is 2.64 bits per heavy atom. The lowest BCUT2D eigenvalue weighted by atomic mass is 10.4. The number of carbonyl (C=O) groups is 1. The van der Waals surface area contributed by atoms with E-state index in [9.17, 15) is 4.79 Å². The normalized spacial score (nSPS) is 12.1. The average Bonchev–Trinajstić information content (AvgIpc) is 1.82. The highest BCUT2D eigenvalue weighted by Crippen LogP contribution is 2.00. The number of hydrogen-bond donors (Lipinski definition) is 2. The van der Waals surface area contributed by atoms with Crippen molar-refractivity contribution in [2.24, 2.45) is 10.7 Å². The molecule has 0 spiro atoms. The maximum Gasteiger partial charge on any atom is 0.313 e. The third-order valence-electron chi connectivity index (χ3n) is 0.729. The van der Waals surface area contributed by atoms with Gasteiger partial charge in [0.25, 0.3) is 0 Å². The Morgan fingerprint density at radius 2 is 2.27 bits per heavy atom. The molecule has 0 saturated carbocycles. The molecule has 0 aromatic heterocycles. The lowest BCUT2D eigenvalue weighted by Crippen LogP contribution is -2.13. The number of thioether (sulfide) groups is 1. The van der Waals surface area contributed by atoms with Crippen LogP contribution in [0.5, 0.6) is 0 Å². The van der Waals surface area contributed by atoms with Gasteiger partial charge in [0.05, 0.1) is 5.75 Å². The van der Waals surface area contributed by atoms with Crippen LogP contribution < -0.4 is 5.73 Å². The highest BCUT2D eigenvalue weighted by atomic mass is 32.2. The number of aliphatic imine (C=N–C) groups is 1. The monoisotopic (exact) mass is 176 g/mol. The lowest BCUT2D eigenvalue weighted by molar-refractivity contribution is -0.133. The van der Waals surface area contributed by atoms with Gasteiger partial charge in [0.2, 0.25) is 0 Å². The van der Waals surface area contributed by atoms with Crippen molar-refractivity contribution < 1.29 is 9.90 Å². The number of amidine groups is 1. The molecule has 4 nitrogen and oxygen atoms in total. The van der Waals surface area contributed by atoms with E-state index in [1.54, 1.807) is 0 Å². The summed E-state index contributed by atoms with van der Waals surface area (Å²) in [6.45, 7) is 3.77. The first-order chi connectivity index (χ1) is 5.02. The van der Waals surface area contributed by atoms with Crippen LogP contribution in [-0.4, -0.2) is 28.0 Å². The number of rotatable bonds is 3. The van der Waals surface area contributed by atoms with Crippen LogP contribution >= 0.6 is 11.8 Å². The summed E-state index contributed by atoms with van der Waals surface area (Å²) in [6, 6.07) is 0.122. The van der Waals surface area contributed by atoms with Crippen LogP contribution in [0.4, 0.5) is 0 Å². The fraction of sp³-hybridized carbons (Fsp3) is 0.667. The second-order valence-corrected chi connectivity index (χ2v) is 3.24. The number of nitrogens with two attached hydrogens (primary N) is 1. The average molecular weight is 176 g/mol. The molecule has 0 aromatic rings. The fourth-order valence-corrected chi connectivity index (χ4v) is 0.984. The third-order valence-corrected chi connectivity index (χ3v) is 1.52. The minimum absolute atomic E-state index is 0.0257. The molecule has 5 heteroatoms. The number of hydrogen-bond acceptors (Lipinski definition) is 3. The maximum absolute atomic E-state index is 10.1. The van der Waals surface area contributed by atoms with Crippen LogP contribution in [0.2, 0.25) is 0 Å². The molecule has 0 atom stereocenters. The summed E-state index contributed by atoms with van der Waals surface area (Å²) in [5.41, 5.74) is 5.37. The Bertz CT molecular complexity index is 168. The zero-order chi connectivity index (χ0) is 8.85. The number of carboxylic acids is 1. The predicted molar refractivity (Wildman–Crippen MR) is 46.9 cm³/mol. The van der Waals surface area contributed by atoms with Crippen LogP contribution in [0.3, 0.4) is 0 Å². The van der Waals surface area contributed by atoms with Gasteiger partial charge in [0.1, 0.15) is 0 Å². The highest BCUT2D eigenvalue weighted by Gasteiger charge is 2.00. The molecule has 0 fully saturated rings. The van der Waals surface area contributed by atoms with Gasteiger partial charge in [-0.25, -0.2) is 0 Å². The summed E-state index contributed by atoms with van der Waals surface area (Å²) < 4.78 is 0. The molecule has 64 valence electrons. The molecule has 0 unspecified atom stereocenters. The summed E-state index contributed by atoms with van der Waals surface area (Å²) in [7, 11) is 0. The summed E-state index contributed by atoms with van der Waals surface area (Å²) >= 11 is 1.04. The Hall–Kier alpha value is -0.710. The summed E-state index contributed by atoms with van der Waals surface area (Å²) in [5, 5.41) is 8.60. The van der Waals surface area contributed by atoms with Gasteiger partial charge < -0.3 is 10.8 Å². The minimum atomic E-state index is -0.878. The van der Waals surface area contributed by atoms with Gasteiger partial charge >= 0.3 is 5.97 Å². The molecule has 0 saturated heterocycles. The molecule has 0 aliphatic heterocycles. The zero-order valence-corrected chi connectivity index (χ0v) is 7.39. The second-order valence-electron chi connectivity index (χ2n) is 2.24. The Labute approximate surface area is 69.9 Å². The predicted octanol–water partition coefficient (Wildman–Crippen LogP) is 0.527. The number of carboxylic acid groups (broad SMARTS) is 1. The zero-order valence-electron chi connectivity index (χ0n) is 6.57. The largest absolute Gasteiger partial charge is 0.481 e. The van der Waals surface area contributed by atoms with Gasteiger partial charge in [-0.1, -0.05) is 11.8 Å². The molecule has 0 amide bonds. The van der Waals surface area contributed by atoms with E-state index in [1.807, 2.05) is 13.8 Å². The van der Waals surface area contributed by atoms with Crippen LogP contribution in [-0.2, 0) is 4.79 Å². The summed E-state index contributed by atoms with van der Waals surface area (Å²) in [4.78, 5) is 14.0. The van der Waals surface area contributed by atoms with Crippen molar-refractivity contribution in [2.45, 2.75) is 19.9 Å². The van der Waals surface area contributed by atoms with E-state index in [2.05, 4.69) is 4.99 Å². The molecule has 0 aromatic carbocycles.